The van der Waals surface area contributed by atoms with Crippen LogP contribution >= 0.6 is 11.3 Å². The van der Waals surface area contributed by atoms with Crippen LogP contribution in [0.15, 0.2) is 24.8 Å². The highest BCUT2D eigenvalue weighted by molar-refractivity contribution is 7.18. The van der Waals surface area contributed by atoms with Crippen LogP contribution in [-0.4, -0.2) is 86.7 Å². The Kier molecular flexibility index (Phi) is 6.52. The zero-order valence-corrected chi connectivity index (χ0v) is 23.9. The lowest BCUT2D eigenvalue weighted by Gasteiger charge is -2.55. The smallest absolute Gasteiger partial charge is 0.410 e. The summed E-state index contributed by atoms with van der Waals surface area (Å²) in [7, 11) is 1.91. The zero-order valence-electron chi connectivity index (χ0n) is 23.1. The van der Waals surface area contributed by atoms with E-state index in [1.54, 1.807) is 11.0 Å². The molecular formula is C27H34F3N7O2S. The number of anilines is 1. The van der Waals surface area contributed by atoms with E-state index in [2.05, 4.69) is 31.1 Å². The summed E-state index contributed by atoms with van der Waals surface area (Å²) in [6, 6.07) is 1.76. The van der Waals surface area contributed by atoms with Gasteiger partial charge in [0, 0.05) is 80.3 Å². The van der Waals surface area contributed by atoms with Crippen molar-refractivity contribution in [1.82, 2.24) is 29.5 Å². The molecule has 3 aromatic rings. The molecule has 3 aliphatic rings. The van der Waals surface area contributed by atoms with Crippen LogP contribution in [0.5, 0.6) is 0 Å². The Bertz CT molecular complexity index is 1400. The Balaban J connectivity index is 1.14. The topological polar surface area (TPSA) is 79.6 Å². The highest BCUT2D eigenvalue weighted by Gasteiger charge is 2.53. The number of amides is 1. The summed E-state index contributed by atoms with van der Waals surface area (Å²) in [5, 5.41) is 5.11. The second-order valence-electron chi connectivity index (χ2n) is 12.5. The normalized spacial score (nSPS) is 20.7. The molecular weight excluding hydrogens is 543 g/mol. The molecule has 13 heteroatoms. The van der Waals surface area contributed by atoms with Gasteiger partial charge in [-0.05, 0) is 33.3 Å². The first-order chi connectivity index (χ1) is 18.8. The number of hydrogen-bond acceptors (Lipinski definition) is 8. The van der Waals surface area contributed by atoms with Crippen LogP contribution < -0.4 is 4.90 Å². The Morgan fingerprint density at radius 2 is 1.95 bits per heavy atom. The second-order valence-corrected chi connectivity index (χ2v) is 13.7. The molecule has 0 radical (unpaired) electrons. The fraction of sp³-hybridized carbons (Fsp3) is 0.630. The number of fused-ring (bicyclic) bond motifs is 1. The number of rotatable bonds is 5. The molecule has 0 N–H and O–H groups in total. The van der Waals surface area contributed by atoms with E-state index in [0.29, 0.717) is 23.3 Å². The van der Waals surface area contributed by atoms with Gasteiger partial charge in [0.2, 0.25) is 0 Å². The molecule has 3 saturated heterocycles. The van der Waals surface area contributed by atoms with Crippen molar-refractivity contribution in [3.8, 4) is 0 Å². The Hall–Kier alpha value is -2.93. The van der Waals surface area contributed by atoms with Crippen molar-refractivity contribution in [2.75, 3.05) is 44.2 Å². The molecule has 40 heavy (non-hydrogen) atoms. The molecule has 3 aliphatic heterocycles. The molecule has 0 aromatic carbocycles. The van der Waals surface area contributed by atoms with E-state index in [4.69, 9.17) is 4.74 Å². The third-order valence-corrected chi connectivity index (χ3v) is 9.06. The number of hydrogen-bond donors (Lipinski definition) is 0. The van der Waals surface area contributed by atoms with Gasteiger partial charge in [-0.25, -0.2) is 14.8 Å². The van der Waals surface area contributed by atoms with Gasteiger partial charge in [-0.15, -0.1) is 11.3 Å². The molecule has 3 aromatic heterocycles. The van der Waals surface area contributed by atoms with Crippen LogP contribution in [0, 0.1) is 11.3 Å². The molecule has 1 spiro atoms. The van der Waals surface area contributed by atoms with Gasteiger partial charge in [-0.1, -0.05) is 0 Å². The van der Waals surface area contributed by atoms with Crippen molar-refractivity contribution >= 4 is 33.5 Å². The Morgan fingerprint density at radius 1 is 1.20 bits per heavy atom. The summed E-state index contributed by atoms with van der Waals surface area (Å²) in [5.41, 5.74) is 0.715. The van der Waals surface area contributed by atoms with Gasteiger partial charge >= 0.3 is 12.3 Å². The lowest BCUT2D eigenvalue weighted by atomic mass is 9.75. The maximum Gasteiger partial charge on any atom is 0.410 e. The van der Waals surface area contributed by atoms with E-state index in [1.807, 2.05) is 38.7 Å². The van der Waals surface area contributed by atoms with E-state index < -0.39 is 18.2 Å². The van der Waals surface area contributed by atoms with Gasteiger partial charge in [-0.2, -0.15) is 18.3 Å². The van der Waals surface area contributed by atoms with Crippen LogP contribution in [0.4, 0.5) is 23.8 Å². The van der Waals surface area contributed by atoms with Crippen molar-refractivity contribution in [2.24, 2.45) is 18.4 Å². The minimum Gasteiger partial charge on any atom is -0.444 e. The van der Waals surface area contributed by atoms with Crippen molar-refractivity contribution in [3.05, 3.63) is 35.2 Å². The number of aromatic nitrogens is 4. The number of likely N-dealkylation sites (tertiary alicyclic amines) is 2. The summed E-state index contributed by atoms with van der Waals surface area (Å²) in [6.45, 7) is 10.3. The molecule has 0 aliphatic carbocycles. The number of nitrogens with zero attached hydrogens (tertiary/aromatic N) is 7. The number of thiophene rings is 1. The van der Waals surface area contributed by atoms with Gasteiger partial charge in [-0.3, -0.25) is 9.58 Å². The number of aryl methyl sites for hydroxylation is 1. The van der Waals surface area contributed by atoms with Gasteiger partial charge in [0.25, 0.3) is 0 Å². The van der Waals surface area contributed by atoms with Gasteiger partial charge < -0.3 is 14.5 Å². The average molecular weight is 578 g/mol. The molecule has 0 bridgehead atoms. The Morgan fingerprint density at radius 3 is 2.60 bits per heavy atom. The largest absolute Gasteiger partial charge is 0.444 e. The van der Waals surface area contributed by atoms with Gasteiger partial charge in [0.05, 0.1) is 18.0 Å². The zero-order chi connectivity index (χ0) is 28.4. The average Bonchev–Trinajstić information content (AvgIpc) is 3.50. The predicted octanol–water partition coefficient (Wildman–Crippen LogP) is 4.65. The predicted molar refractivity (Wildman–Crippen MR) is 145 cm³/mol. The summed E-state index contributed by atoms with van der Waals surface area (Å²) in [6.07, 6.45) is 0.936. The quantitative estimate of drug-likeness (QED) is 0.437. The first-order valence-corrected chi connectivity index (χ1v) is 14.3. The SMILES string of the molecule is Cn1cc(C(C2CN(C(=O)OC(C)(C)C)C2)N2CC3(CCN(c4ncnc5sc(CC(F)(F)F)cc45)C3)C2)cn1. The molecule has 1 unspecified atom stereocenters. The molecule has 3 fully saturated rings. The van der Waals surface area contributed by atoms with E-state index in [9.17, 15) is 18.0 Å². The maximum atomic E-state index is 13.0. The van der Waals surface area contributed by atoms with E-state index >= 15 is 0 Å². The second kappa shape index (κ2) is 9.57. The molecule has 216 valence electrons. The van der Waals surface area contributed by atoms with Crippen molar-refractivity contribution in [1.29, 1.82) is 0 Å². The van der Waals surface area contributed by atoms with Crippen molar-refractivity contribution in [3.63, 3.8) is 0 Å². The van der Waals surface area contributed by atoms with E-state index in [-0.39, 0.29) is 28.3 Å². The standard InChI is InChI=1S/C27H34F3N7O2S/c1-25(2,3)39-24(38)36-11-18(12-36)21(17-9-33-34(4)10-17)37-14-26(15-37)5-6-35(13-26)22-20-7-19(8-27(28,29)30)40-23(20)32-16-31-22/h7,9-10,16,18,21H,5-6,8,11-15H2,1-4H3. The summed E-state index contributed by atoms with van der Waals surface area (Å²) < 4.78 is 46.3. The first kappa shape index (κ1) is 27.3. The first-order valence-electron chi connectivity index (χ1n) is 13.5. The molecule has 1 atom stereocenters. The lowest BCUT2D eigenvalue weighted by molar-refractivity contribution is -0.126. The van der Waals surface area contributed by atoms with E-state index in [1.165, 1.54) is 6.33 Å². The van der Waals surface area contributed by atoms with E-state index in [0.717, 1.165) is 55.3 Å². The summed E-state index contributed by atoms with van der Waals surface area (Å²) in [5.74, 6) is 1.01. The monoisotopic (exact) mass is 577 g/mol. The highest BCUT2D eigenvalue weighted by atomic mass is 32.1. The highest BCUT2D eigenvalue weighted by Crippen LogP contribution is 2.48. The Labute approximate surface area is 234 Å². The molecule has 0 saturated carbocycles. The molecule has 6 heterocycles. The fourth-order valence-electron chi connectivity index (χ4n) is 6.38. The van der Waals surface area contributed by atoms with Crippen molar-refractivity contribution in [2.45, 2.75) is 51.4 Å². The number of ether oxygens (including phenoxy) is 1. The molecule has 9 nitrogen and oxygen atoms in total. The summed E-state index contributed by atoms with van der Waals surface area (Å²) >= 11 is 1.09. The third-order valence-electron chi connectivity index (χ3n) is 8.02. The van der Waals surface area contributed by atoms with Crippen LogP contribution in [0.1, 0.15) is 43.7 Å². The number of carbonyl (C=O) groups is 1. The van der Waals surface area contributed by atoms with Crippen LogP contribution in [0.3, 0.4) is 0 Å². The third kappa shape index (κ3) is 5.37. The lowest BCUT2D eigenvalue weighted by Crippen LogP contribution is -2.63. The van der Waals surface area contributed by atoms with Crippen LogP contribution in [0.2, 0.25) is 0 Å². The minimum absolute atomic E-state index is 0.0944. The van der Waals surface area contributed by atoms with Crippen molar-refractivity contribution < 1.29 is 22.7 Å². The van der Waals surface area contributed by atoms with Crippen LogP contribution in [-0.2, 0) is 18.2 Å². The fourth-order valence-corrected chi connectivity index (χ4v) is 7.40. The van der Waals surface area contributed by atoms with Gasteiger partial charge in [0.15, 0.2) is 0 Å². The maximum absolute atomic E-state index is 13.0. The number of alkyl halides is 3. The molecule has 1 amide bonds. The van der Waals surface area contributed by atoms with Crippen LogP contribution in [0.25, 0.3) is 10.2 Å². The molecule has 6 rings (SSSR count). The van der Waals surface area contributed by atoms with Gasteiger partial charge in [0.1, 0.15) is 22.6 Å². The summed E-state index contributed by atoms with van der Waals surface area (Å²) in [4.78, 5) is 28.6. The minimum atomic E-state index is -4.25. The number of carbonyl (C=O) groups excluding carboxylic acids is 1. The number of halogens is 3.